The molecule has 3 aromatic carbocycles. The third-order valence-electron chi connectivity index (χ3n) is 4.20. The van der Waals surface area contributed by atoms with Crippen LogP contribution >= 0.6 is 11.8 Å². The number of sulfonamides is 1. The Morgan fingerprint density at radius 1 is 0.933 bits per heavy atom. The fourth-order valence-corrected chi connectivity index (χ4v) is 4.48. The molecule has 156 valence electrons. The highest BCUT2D eigenvalue weighted by molar-refractivity contribution is 8.00. The molecule has 0 saturated carbocycles. The number of nitrogens with zero attached hydrogens (tertiary/aromatic N) is 1. The Bertz CT molecular complexity index is 1120. The van der Waals surface area contributed by atoms with E-state index in [1.54, 1.807) is 42.5 Å². The van der Waals surface area contributed by atoms with E-state index in [1.165, 1.54) is 29.6 Å². The van der Waals surface area contributed by atoms with Crippen LogP contribution in [0.15, 0.2) is 82.6 Å². The molecule has 0 atom stereocenters. The maximum atomic E-state index is 13.6. The van der Waals surface area contributed by atoms with Crippen molar-refractivity contribution in [2.75, 3.05) is 22.4 Å². The summed E-state index contributed by atoms with van der Waals surface area (Å²) in [6, 6.07) is 18.1. The van der Waals surface area contributed by atoms with E-state index in [0.717, 1.165) is 23.9 Å². The summed E-state index contributed by atoms with van der Waals surface area (Å²) >= 11 is 1.12. The number of halogens is 2. The number of hydrogen-bond donors (Lipinski definition) is 1. The van der Waals surface area contributed by atoms with Crippen LogP contribution in [-0.2, 0) is 14.8 Å². The molecule has 0 aliphatic heterocycles. The summed E-state index contributed by atoms with van der Waals surface area (Å²) < 4.78 is 53.9. The van der Waals surface area contributed by atoms with E-state index in [2.05, 4.69) is 5.32 Å². The monoisotopic (exact) mass is 448 g/mol. The first-order chi connectivity index (χ1) is 14.3. The van der Waals surface area contributed by atoms with Gasteiger partial charge in [0, 0.05) is 11.9 Å². The van der Waals surface area contributed by atoms with Crippen molar-refractivity contribution in [1.29, 1.82) is 0 Å². The van der Waals surface area contributed by atoms with Crippen molar-refractivity contribution >= 4 is 39.1 Å². The van der Waals surface area contributed by atoms with Gasteiger partial charge in [-0.15, -0.1) is 11.8 Å². The van der Waals surface area contributed by atoms with Crippen LogP contribution in [0.4, 0.5) is 20.2 Å². The van der Waals surface area contributed by atoms with E-state index in [-0.39, 0.29) is 10.6 Å². The molecular weight excluding hydrogens is 430 g/mol. The smallest absolute Gasteiger partial charge is 0.264 e. The number of amides is 1. The zero-order valence-corrected chi connectivity index (χ0v) is 17.5. The van der Waals surface area contributed by atoms with Gasteiger partial charge in [-0.1, -0.05) is 24.3 Å². The molecule has 0 spiro atoms. The van der Waals surface area contributed by atoms with Gasteiger partial charge in [-0.25, -0.2) is 17.2 Å². The summed E-state index contributed by atoms with van der Waals surface area (Å²) in [5, 5.41) is 2.21. The van der Waals surface area contributed by atoms with Gasteiger partial charge in [0.25, 0.3) is 10.0 Å². The SMILES string of the molecule is CN(c1ccccc1)S(=O)(=O)c1ccc(SCC(=O)Nc2c(F)cccc2F)cc1. The van der Waals surface area contributed by atoms with Crippen LogP contribution in [0.1, 0.15) is 0 Å². The van der Waals surface area contributed by atoms with Crippen LogP contribution in [0, 0.1) is 11.6 Å². The van der Waals surface area contributed by atoms with Crippen LogP contribution in [0.25, 0.3) is 0 Å². The zero-order valence-electron chi connectivity index (χ0n) is 15.9. The summed E-state index contributed by atoms with van der Waals surface area (Å²) in [7, 11) is -2.26. The Morgan fingerprint density at radius 2 is 1.53 bits per heavy atom. The molecule has 30 heavy (non-hydrogen) atoms. The lowest BCUT2D eigenvalue weighted by atomic mass is 10.3. The van der Waals surface area contributed by atoms with Gasteiger partial charge in [0.15, 0.2) is 0 Å². The number of benzene rings is 3. The molecule has 0 aliphatic carbocycles. The molecule has 0 unspecified atom stereocenters. The van der Waals surface area contributed by atoms with Crippen molar-refractivity contribution in [2.45, 2.75) is 9.79 Å². The van der Waals surface area contributed by atoms with Gasteiger partial charge in [-0.05, 0) is 48.5 Å². The summed E-state index contributed by atoms with van der Waals surface area (Å²) in [5.41, 5.74) is 0.0430. The van der Waals surface area contributed by atoms with E-state index in [0.29, 0.717) is 10.6 Å². The predicted octanol–water partition coefficient (Wildman–Crippen LogP) is 4.52. The summed E-state index contributed by atoms with van der Waals surface area (Å²) in [6.45, 7) is 0. The minimum Gasteiger partial charge on any atom is -0.320 e. The summed E-state index contributed by atoms with van der Waals surface area (Å²) in [4.78, 5) is 12.7. The highest BCUT2D eigenvalue weighted by atomic mass is 32.2. The molecule has 5 nitrogen and oxygen atoms in total. The van der Waals surface area contributed by atoms with Gasteiger partial charge in [0.1, 0.15) is 17.3 Å². The van der Waals surface area contributed by atoms with Crippen molar-refractivity contribution in [1.82, 2.24) is 0 Å². The topological polar surface area (TPSA) is 66.5 Å². The molecular formula is C21H18F2N2O3S2. The van der Waals surface area contributed by atoms with Crippen molar-refractivity contribution in [3.05, 3.63) is 84.4 Å². The second-order valence-electron chi connectivity index (χ2n) is 6.21. The number of carbonyl (C=O) groups is 1. The highest BCUT2D eigenvalue weighted by Gasteiger charge is 2.21. The zero-order chi connectivity index (χ0) is 21.7. The number of rotatable bonds is 7. The van der Waals surface area contributed by atoms with Crippen molar-refractivity contribution in [2.24, 2.45) is 0 Å². The van der Waals surface area contributed by atoms with Crippen molar-refractivity contribution in [3.63, 3.8) is 0 Å². The minimum absolute atomic E-state index is 0.0935. The Labute approximate surface area is 177 Å². The standard InChI is InChI=1S/C21H18F2N2O3S2/c1-25(15-6-3-2-4-7-15)30(27,28)17-12-10-16(11-13-17)29-14-20(26)24-21-18(22)8-5-9-19(21)23/h2-13H,14H2,1H3,(H,24,26). The van der Waals surface area contributed by atoms with Crippen molar-refractivity contribution in [3.8, 4) is 0 Å². The van der Waals surface area contributed by atoms with Gasteiger partial charge < -0.3 is 5.32 Å². The number of hydrogen-bond acceptors (Lipinski definition) is 4. The van der Waals surface area contributed by atoms with Crippen LogP contribution in [0.2, 0.25) is 0 Å². The Kier molecular flexibility index (Phi) is 6.73. The molecule has 3 aromatic rings. The van der Waals surface area contributed by atoms with Crippen molar-refractivity contribution < 1.29 is 22.0 Å². The average Bonchev–Trinajstić information content (AvgIpc) is 2.75. The predicted molar refractivity (Wildman–Crippen MR) is 114 cm³/mol. The second-order valence-corrected chi connectivity index (χ2v) is 9.23. The molecule has 0 fully saturated rings. The van der Waals surface area contributed by atoms with E-state index in [4.69, 9.17) is 0 Å². The molecule has 3 rings (SSSR count). The second kappa shape index (κ2) is 9.27. The molecule has 0 aliphatic rings. The summed E-state index contributed by atoms with van der Waals surface area (Å²) in [5.74, 6) is -2.38. The van der Waals surface area contributed by atoms with E-state index in [9.17, 15) is 22.0 Å². The highest BCUT2D eigenvalue weighted by Crippen LogP contribution is 2.25. The molecule has 0 bridgehead atoms. The maximum Gasteiger partial charge on any atom is 0.264 e. The van der Waals surface area contributed by atoms with E-state index in [1.807, 2.05) is 0 Å². The molecule has 1 amide bonds. The van der Waals surface area contributed by atoms with E-state index < -0.39 is 33.3 Å². The lowest BCUT2D eigenvalue weighted by Gasteiger charge is -2.19. The first kappa shape index (κ1) is 21.8. The lowest BCUT2D eigenvalue weighted by Crippen LogP contribution is -2.26. The van der Waals surface area contributed by atoms with Gasteiger partial charge in [-0.3, -0.25) is 9.10 Å². The van der Waals surface area contributed by atoms with Gasteiger partial charge in [-0.2, -0.15) is 0 Å². The molecule has 1 N–H and O–H groups in total. The number of para-hydroxylation sites is 2. The maximum absolute atomic E-state index is 13.6. The summed E-state index contributed by atoms with van der Waals surface area (Å²) in [6.07, 6.45) is 0. The molecule has 9 heteroatoms. The van der Waals surface area contributed by atoms with Gasteiger partial charge >= 0.3 is 0 Å². The molecule has 0 saturated heterocycles. The third-order valence-corrected chi connectivity index (χ3v) is 7.01. The first-order valence-electron chi connectivity index (χ1n) is 8.80. The fraction of sp³-hybridized carbons (Fsp3) is 0.0952. The van der Waals surface area contributed by atoms with Crippen LogP contribution in [0.5, 0.6) is 0 Å². The lowest BCUT2D eigenvalue weighted by molar-refractivity contribution is -0.113. The van der Waals surface area contributed by atoms with Crippen LogP contribution in [-0.4, -0.2) is 27.1 Å². The number of nitrogens with one attached hydrogen (secondary N) is 1. The Balaban J connectivity index is 1.64. The Hall–Kier alpha value is -2.91. The van der Waals surface area contributed by atoms with Gasteiger partial charge in [0.05, 0.1) is 16.3 Å². The third kappa shape index (κ3) is 4.98. The van der Waals surface area contributed by atoms with Crippen LogP contribution in [0.3, 0.4) is 0 Å². The number of thioether (sulfide) groups is 1. The number of carbonyl (C=O) groups excluding carboxylic acids is 1. The first-order valence-corrected chi connectivity index (χ1v) is 11.2. The largest absolute Gasteiger partial charge is 0.320 e. The molecule has 0 radical (unpaired) electrons. The minimum atomic E-state index is -3.73. The normalized spacial score (nSPS) is 11.2. The number of anilines is 2. The molecule has 0 aromatic heterocycles. The quantitative estimate of drug-likeness (QED) is 0.540. The van der Waals surface area contributed by atoms with E-state index >= 15 is 0 Å². The average molecular weight is 449 g/mol. The van der Waals surface area contributed by atoms with Gasteiger partial charge in [0.2, 0.25) is 5.91 Å². The molecule has 0 heterocycles. The fourth-order valence-electron chi connectivity index (χ4n) is 2.58. The Morgan fingerprint density at radius 3 is 2.13 bits per heavy atom. The van der Waals surface area contributed by atoms with Crippen LogP contribution < -0.4 is 9.62 Å².